The molecule has 0 amide bonds. The smallest absolute Gasteiger partial charge is 0.306 e. The summed E-state index contributed by atoms with van der Waals surface area (Å²) in [4.78, 5) is 38.2. The minimum atomic E-state index is -0.815. The summed E-state index contributed by atoms with van der Waals surface area (Å²) in [5, 5.41) is 0. The molecule has 0 aliphatic carbocycles. The number of hydrogen-bond donors (Lipinski definition) is 0. The minimum absolute atomic E-state index is 0.109. The van der Waals surface area contributed by atoms with Gasteiger partial charge in [0.25, 0.3) is 0 Å². The van der Waals surface area contributed by atoms with Crippen molar-refractivity contribution in [2.75, 3.05) is 13.2 Å². The molecule has 1 atom stereocenters. The maximum Gasteiger partial charge on any atom is 0.306 e. The van der Waals surface area contributed by atoms with Crippen LogP contribution in [-0.4, -0.2) is 37.2 Å². The molecule has 6 heteroatoms. The zero-order valence-electron chi connectivity index (χ0n) is 46.7. The highest BCUT2D eigenvalue weighted by Crippen LogP contribution is 2.14. The molecule has 0 aromatic rings. The highest BCUT2D eigenvalue weighted by Gasteiger charge is 2.19. The third-order valence-corrected chi connectivity index (χ3v) is 12.2. The van der Waals surface area contributed by atoms with Crippen molar-refractivity contribution < 1.29 is 28.6 Å². The maximum absolute atomic E-state index is 12.9. The SMILES string of the molecule is CC/C=C\C/C=C\C/C=C\C/C=C\C/C=C\CCCC(=O)OCC(COC(=O)CCCCCCCC/C=C\C/C=C\C/C=C\CCCCC)OC(=O)CCCCCCCCC/C=C\C/C=C\CCCCCC. The number of carbonyl (C=O) groups is 3. The molecule has 0 rings (SSSR count). The van der Waals surface area contributed by atoms with Crippen LogP contribution in [0.3, 0.4) is 0 Å². The number of allylic oxidation sites excluding steroid dienone is 20. The summed E-state index contributed by atoms with van der Waals surface area (Å²) in [5.74, 6) is -0.989. The summed E-state index contributed by atoms with van der Waals surface area (Å²) in [5.41, 5.74) is 0. The monoisotopic (exact) mass is 997 g/mol. The van der Waals surface area contributed by atoms with Gasteiger partial charge < -0.3 is 14.2 Å². The Bertz CT molecular complexity index is 1520. The summed E-state index contributed by atoms with van der Waals surface area (Å²) in [7, 11) is 0. The number of rotatable bonds is 52. The van der Waals surface area contributed by atoms with Gasteiger partial charge >= 0.3 is 17.9 Å². The highest BCUT2D eigenvalue weighted by molar-refractivity contribution is 5.71. The molecule has 0 aliphatic heterocycles. The predicted molar refractivity (Wildman–Crippen MR) is 311 cm³/mol. The van der Waals surface area contributed by atoms with Gasteiger partial charge in [-0.05, 0) is 128 Å². The first-order valence-electron chi connectivity index (χ1n) is 29.5. The fourth-order valence-corrected chi connectivity index (χ4v) is 7.75. The van der Waals surface area contributed by atoms with E-state index in [-0.39, 0.29) is 37.5 Å². The van der Waals surface area contributed by atoms with E-state index < -0.39 is 6.10 Å². The summed E-state index contributed by atoms with van der Waals surface area (Å²) >= 11 is 0. The molecule has 0 fully saturated rings. The van der Waals surface area contributed by atoms with Crippen molar-refractivity contribution in [3.05, 3.63) is 122 Å². The lowest BCUT2D eigenvalue weighted by atomic mass is 10.1. The van der Waals surface area contributed by atoms with Gasteiger partial charge in [-0.1, -0.05) is 232 Å². The third kappa shape index (κ3) is 56.7. The van der Waals surface area contributed by atoms with Crippen molar-refractivity contribution in [3.8, 4) is 0 Å². The highest BCUT2D eigenvalue weighted by atomic mass is 16.6. The van der Waals surface area contributed by atoms with Gasteiger partial charge in [0.05, 0.1) is 0 Å². The molecule has 0 N–H and O–H groups in total. The molecule has 0 radical (unpaired) electrons. The Labute approximate surface area is 443 Å². The lowest BCUT2D eigenvalue weighted by molar-refractivity contribution is -0.167. The Morgan fingerprint density at radius 2 is 0.556 bits per heavy atom. The number of unbranched alkanes of at least 4 members (excludes halogenated alkanes) is 21. The fraction of sp³-hybridized carbons (Fsp3) is 0.652. The van der Waals surface area contributed by atoms with Crippen LogP contribution < -0.4 is 0 Å². The van der Waals surface area contributed by atoms with Gasteiger partial charge in [-0.25, -0.2) is 0 Å². The van der Waals surface area contributed by atoms with Gasteiger partial charge in [-0.2, -0.15) is 0 Å². The number of carbonyl (C=O) groups excluding carboxylic acids is 3. The lowest BCUT2D eigenvalue weighted by Gasteiger charge is -2.18. The molecule has 0 aromatic heterocycles. The molecule has 0 saturated carbocycles. The van der Waals surface area contributed by atoms with Crippen molar-refractivity contribution >= 4 is 17.9 Å². The van der Waals surface area contributed by atoms with E-state index in [2.05, 4.69) is 142 Å². The zero-order valence-corrected chi connectivity index (χ0v) is 46.7. The van der Waals surface area contributed by atoms with Gasteiger partial charge in [0, 0.05) is 19.3 Å². The maximum atomic E-state index is 12.9. The molecule has 72 heavy (non-hydrogen) atoms. The molecular formula is C66H108O6. The fourth-order valence-electron chi connectivity index (χ4n) is 7.75. The van der Waals surface area contributed by atoms with Gasteiger partial charge in [-0.3, -0.25) is 14.4 Å². The summed E-state index contributed by atoms with van der Waals surface area (Å²) in [6.45, 7) is 6.42. The average molecular weight is 998 g/mol. The Balaban J connectivity index is 4.52. The average Bonchev–Trinajstić information content (AvgIpc) is 3.38. The second-order valence-electron chi connectivity index (χ2n) is 19.2. The summed E-state index contributed by atoms with van der Waals surface area (Å²) in [6.07, 6.45) is 81.9. The van der Waals surface area contributed by atoms with E-state index in [1.54, 1.807) is 0 Å². The van der Waals surface area contributed by atoms with E-state index in [1.807, 2.05) is 0 Å². The van der Waals surface area contributed by atoms with Gasteiger partial charge in [0.15, 0.2) is 6.10 Å². The number of ether oxygens (including phenoxy) is 3. The first kappa shape index (κ1) is 67.8. The van der Waals surface area contributed by atoms with Crippen LogP contribution in [0, 0.1) is 0 Å². The van der Waals surface area contributed by atoms with Crippen molar-refractivity contribution in [2.45, 2.75) is 264 Å². The summed E-state index contributed by atoms with van der Waals surface area (Å²) < 4.78 is 16.8. The third-order valence-electron chi connectivity index (χ3n) is 12.2. The molecule has 0 aliphatic rings. The second kappa shape index (κ2) is 59.4. The van der Waals surface area contributed by atoms with Crippen LogP contribution in [-0.2, 0) is 28.6 Å². The van der Waals surface area contributed by atoms with Gasteiger partial charge in [-0.15, -0.1) is 0 Å². The standard InChI is InChI=1S/C66H108O6/c1-4-7-10-13-16-19-22-25-28-31-33-36-38-41-44-47-50-53-56-59-65(68)71-62-63(61-70-64(67)58-55-52-49-46-43-40-37-34-30-27-24-21-18-15-12-9-6-3)72-66(69)60-57-54-51-48-45-42-39-35-32-29-26-23-20-17-14-11-8-5-2/h9,12,16,18-21,23,25,27-30,32-33,36-37,40,46,49,63H,4-8,10-11,13-15,17,22,24,26,31,34-35,38-39,41-45,47-48,50-62H2,1-3H3/b12-9-,19-16-,21-18-,23-20-,28-25-,30-27-,32-29-,36-33-,40-37-,49-46-. The normalized spacial score (nSPS) is 13.0. The molecule has 408 valence electrons. The second-order valence-corrected chi connectivity index (χ2v) is 19.2. The Kier molecular flexibility index (Phi) is 55.9. The molecule has 0 saturated heterocycles. The van der Waals surface area contributed by atoms with Crippen molar-refractivity contribution in [1.82, 2.24) is 0 Å². The van der Waals surface area contributed by atoms with E-state index in [9.17, 15) is 14.4 Å². The van der Waals surface area contributed by atoms with E-state index >= 15 is 0 Å². The van der Waals surface area contributed by atoms with Crippen LogP contribution in [0.5, 0.6) is 0 Å². The zero-order chi connectivity index (χ0) is 52.2. The van der Waals surface area contributed by atoms with E-state index in [0.29, 0.717) is 19.3 Å². The molecule has 0 spiro atoms. The molecule has 0 aromatic carbocycles. The van der Waals surface area contributed by atoms with Crippen LogP contribution in [0.1, 0.15) is 258 Å². The van der Waals surface area contributed by atoms with E-state index in [1.165, 1.54) is 96.3 Å². The molecule has 6 nitrogen and oxygen atoms in total. The van der Waals surface area contributed by atoms with Crippen LogP contribution >= 0.6 is 0 Å². The van der Waals surface area contributed by atoms with Crippen LogP contribution in [0.4, 0.5) is 0 Å². The first-order valence-corrected chi connectivity index (χ1v) is 29.5. The van der Waals surface area contributed by atoms with Crippen molar-refractivity contribution in [1.29, 1.82) is 0 Å². The Morgan fingerprint density at radius 1 is 0.292 bits per heavy atom. The van der Waals surface area contributed by atoms with Crippen LogP contribution in [0.2, 0.25) is 0 Å². The quantitative estimate of drug-likeness (QED) is 0.0261. The molecule has 0 bridgehead atoms. The first-order chi connectivity index (χ1) is 35.5. The van der Waals surface area contributed by atoms with Crippen LogP contribution in [0.15, 0.2) is 122 Å². The number of hydrogen-bond acceptors (Lipinski definition) is 6. The molecule has 1 unspecified atom stereocenters. The van der Waals surface area contributed by atoms with Crippen molar-refractivity contribution in [2.24, 2.45) is 0 Å². The largest absolute Gasteiger partial charge is 0.462 e. The van der Waals surface area contributed by atoms with Gasteiger partial charge in [0.1, 0.15) is 13.2 Å². The Morgan fingerprint density at radius 3 is 0.931 bits per heavy atom. The Hall–Kier alpha value is -4.19. The topological polar surface area (TPSA) is 78.9 Å². The summed E-state index contributed by atoms with van der Waals surface area (Å²) in [6, 6.07) is 0. The van der Waals surface area contributed by atoms with Crippen molar-refractivity contribution in [3.63, 3.8) is 0 Å². The van der Waals surface area contributed by atoms with E-state index in [4.69, 9.17) is 14.2 Å². The molecule has 0 heterocycles. The minimum Gasteiger partial charge on any atom is -0.462 e. The van der Waals surface area contributed by atoms with E-state index in [0.717, 1.165) is 116 Å². The molecular weight excluding hydrogens is 889 g/mol. The number of esters is 3. The van der Waals surface area contributed by atoms with Crippen LogP contribution in [0.25, 0.3) is 0 Å². The van der Waals surface area contributed by atoms with Gasteiger partial charge in [0.2, 0.25) is 0 Å². The predicted octanol–water partition coefficient (Wildman–Crippen LogP) is 20.0. The lowest BCUT2D eigenvalue weighted by Crippen LogP contribution is -2.30.